The van der Waals surface area contributed by atoms with Gasteiger partial charge in [0.2, 0.25) is 5.88 Å². The highest BCUT2D eigenvalue weighted by atomic mass is 79.9. The molecule has 0 radical (unpaired) electrons. The van der Waals surface area contributed by atoms with Gasteiger partial charge < -0.3 is 10.5 Å². The van der Waals surface area contributed by atoms with Crippen molar-refractivity contribution >= 4 is 21.6 Å². The zero-order valence-electron chi connectivity index (χ0n) is 10.6. The minimum Gasteiger partial charge on any atom is -0.437 e. The lowest BCUT2D eigenvalue weighted by molar-refractivity contribution is 0.453. The SMILES string of the molecule is Cc1cc(C#N)cc(C)c1Oc1ncc(N)cc1Br. The number of hydrogen-bond donors (Lipinski definition) is 1. The molecule has 2 aromatic rings. The van der Waals surface area contributed by atoms with Crippen molar-refractivity contribution in [2.45, 2.75) is 13.8 Å². The summed E-state index contributed by atoms with van der Waals surface area (Å²) in [5.74, 6) is 1.15. The molecule has 1 aromatic heterocycles. The molecule has 0 unspecified atom stereocenters. The van der Waals surface area contributed by atoms with Crippen molar-refractivity contribution in [3.8, 4) is 17.7 Å². The van der Waals surface area contributed by atoms with E-state index >= 15 is 0 Å². The summed E-state index contributed by atoms with van der Waals surface area (Å²) >= 11 is 3.36. The molecule has 0 saturated carbocycles. The molecular formula is C14H12BrN3O. The largest absolute Gasteiger partial charge is 0.437 e. The summed E-state index contributed by atoms with van der Waals surface area (Å²) in [4.78, 5) is 4.14. The van der Waals surface area contributed by atoms with Crippen LogP contribution in [-0.4, -0.2) is 4.98 Å². The number of hydrogen-bond acceptors (Lipinski definition) is 4. The molecule has 0 bridgehead atoms. The molecule has 0 fully saturated rings. The van der Waals surface area contributed by atoms with E-state index in [9.17, 15) is 0 Å². The zero-order chi connectivity index (χ0) is 14.0. The maximum atomic E-state index is 8.92. The summed E-state index contributed by atoms with van der Waals surface area (Å²) in [7, 11) is 0. The predicted octanol–water partition coefficient (Wildman–Crippen LogP) is 3.71. The molecule has 0 aliphatic heterocycles. The van der Waals surface area contributed by atoms with Crippen LogP contribution >= 0.6 is 15.9 Å². The number of ether oxygens (including phenoxy) is 1. The second-order valence-corrected chi connectivity index (χ2v) is 5.06. The molecule has 1 aromatic carbocycles. The van der Waals surface area contributed by atoms with Crippen LogP contribution in [0.25, 0.3) is 0 Å². The van der Waals surface area contributed by atoms with E-state index in [1.807, 2.05) is 13.8 Å². The van der Waals surface area contributed by atoms with Gasteiger partial charge in [-0.05, 0) is 59.1 Å². The normalized spacial score (nSPS) is 10.0. The second-order valence-electron chi connectivity index (χ2n) is 4.21. The molecular weight excluding hydrogens is 306 g/mol. The van der Waals surface area contributed by atoms with Crippen molar-refractivity contribution in [3.05, 3.63) is 45.6 Å². The number of aromatic nitrogens is 1. The van der Waals surface area contributed by atoms with Gasteiger partial charge in [0, 0.05) is 0 Å². The Bertz CT molecular complexity index is 654. The van der Waals surface area contributed by atoms with Gasteiger partial charge in [0.05, 0.1) is 28.0 Å². The van der Waals surface area contributed by atoms with Crippen molar-refractivity contribution in [3.63, 3.8) is 0 Å². The minimum absolute atomic E-state index is 0.449. The second kappa shape index (κ2) is 5.29. The molecule has 0 aliphatic carbocycles. The van der Waals surface area contributed by atoms with E-state index in [4.69, 9.17) is 15.7 Å². The van der Waals surface area contributed by atoms with Crippen LogP contribution in [0.3, 0.4) is 0 Å². The Labute approximate surface area is 120 Å². The zero-order valence-corrected chi connectivity index (χ0v) is 12.2. The van der Waals surface area contributed by atoms with Crippen molar-refractivity contribution in [2.75, 3.05) is 5.73 Å². The molecule has 0 aliphatic rings. The quantitative estimate of drug-likeness (QED) is 0.916. The van der Waals surface area contributed by atoms with E-state index in [2.05, 4.69) is 27.0 Å². The van der Waals surface area contributed by atoms with Gasteiger partial charge in [-0.1, -0.05) is 0 Å². The number of nitriles is 1. The first-order chi connectivity index (χ1) is 9.01. The topological polar surface area (TPSA) is 71.9 Å². The van der Waals surface area contributed by atoms with Gasteiger partial charge >= 0.3 is 0 Å². The van der Waals surface area contributed by atoms with E-state index in [0.29, 0.717) is 27.4 Å². The summed E-state index contributed by atoms with van der Waals surface area (Å²) in [6, 6.07) is 7.42. The number of nitrogens with two attached hydrogens (primary N) is 1. The summed E-state index contributed by atoms with van der Waals surface area (Å²) < 4.78 is 6.49. The Hall–Kier alpha value is -2.06. The Kier molecular flexibility index (Phi) is 3.72. The van der Waals surface area contributed by atoms with Gasteiger partial charge in [-0.3, -0.25) is 0 Å². The Balaban J connectivity index is 2.41. The Morgan fingerprint density at radius 3 is 2.42 bits per heavy atom. The summed E-state index contributed by atoms with van der Waals surface area (Å²) in [5.41, 5.74) is 8.60. The number of rotatable bonds is 2. The van der Waals surface area contributed by atoms with Crippen molar-refractivity contribution in [1.82, 2.24) is 4.98 Å². The average Bonchev–Trinajstić information content (AvgIpc) is 2.35. The lowest BCUT2D eigenvalue weighted by atomic mass is 10.1. The number of nitrogen functional groups attached to an aromatic ring is 1. The molecule has 0 spiro atoms. The van der Waals surface area contributed by atoms with Gasteiger partial charge in [0.15, 0.2) is 0 Å². The number of anilines is 1. The molecule has 4 nitrogen and oxygen atoms in total. The smallest absolute Gasteiger partial charge is 0.233 e. The van der Waals surface area contributed by atoms with Crippen LogP contribution in [0.1, 0.15) is 16.7 Å². The minimum atomic E-state index is 0.449. The van der Waals surface area contributed by atoms with E-state index in [1.165, 1.54) is 6.20 Å². The molecule has 5 heteroatoms. The molecule has 2 rings (SSSR count). The van der Waals surface area contributed by atoms with Gasteiger partial charge in [-0.2, -0.15) is 5.26 Å². The summed E-state index contributed by atoms with van der Waals surface area (Å²) in [5, 5.41) is 8.92. The van der Waals surface area contributed by atoms with Crippen molar-refractivity contribution < 1.29 is 4.74 Å². The lowest BCUT2D eigenvalue weighted by Gasteiger charge is -2.12. The van der Waals surface area contributed by atoms with Crippen LogP contribution in [0.2, 0.25) is 0 Å². The first-order valence-electron chi connectivity index (χ1n) is 5.61. The molecule has 0 atom stereocenters. The highest BCUT2D eigenvalue weighted by Crippen LogP contribution is 2.33. The van der Waals surface area contributed by atoms with Crippen molar-refractivity contribution in [2.24, 2.45) is 0 Å². The number of aryl methyl sites for hydroxylation is 2. The van der Waals surface area contributed by atoms with Gasteiger partial charge in [0.1, 0.15) is 5.75 Å². The average molecular weight is 318 g/mol. The first-order valence-corrected chi connectivity index (χ1v) is 6.41. The fourth-order valence-corrected chi connectivity index (χ4v) is 2.24. The van der Waals surface area contributed by atoms with Crippen LogP contribution < -0.4 is 10.5 Å². The molecule has 19 heavy (non-hydrogen) atoms. The van der Waals surface area contributed by atoms with Crippen LogP contribution in [0.4, 0.5) is 5.69 Å². The molecule has 2 N–H and O–H groups in total. The Morgan fingerprint density at radius 1 is 1.26 bits per heavy atom. The monoisotopic (exact) mass is 317 g/mol. The standard InChI is InChI=1S/C14H12BrN3O/c1-8-3-10(6-16)4-9(2)13(8)19-14-12(15)5-11(17)7-18-14/h3-5,7H,17H2,1-2H3. The van der Waals surface area contributed by atoms with Crippen LogP contribution in [0.15, 0.2) is 28.9 Å². The van der Waals surface area contributed by atoms with Gasteiger partial charge in [-0.15, -0.1) is 0 Å². The summed E-state index contributed by atoms with van der Waals surface area (Å²) in [6.45, 7) is 3.79. The van der Waals surface area contributed by atoms with E-state index in [-0.39, 0.29) is 0 Å². The van der Waals surface area contributed by atoms with Crippen LogP contribution in [0, 0.1) is 25.2 Å². The molecule has 0 amide bonds. The van der Waals surface area contributed by atoms with Gasteiger partial charge in [-0.25, -0.2) is 4.98 Å². The van der Waals surface area contributed by atoms with E-state index in [0.717, 1.165) is 11.1 Å². The highest BCUT2D eigenvalue weighted by molar-refractivity contribution is 9.10. The van der Waals surface area contributed by atoms with E-state index < -0.39 is 0 Å². The van der Waals surface area contributed by atoms with Crippen LogP contribution in [0.5, 0.6) is 11.6 Å². The summed E-state index contributed by atoms with van der Waals surface area (Å²) in [6.07, 6.45) is 1.54. The maximum absolute atomic E-state index is 8.92. The fraction of sp³-hybridized carbons (Fsp3) is 0.143. The number of nitrogens with zero attached hydrogens (tertiary/aromatic N) is 2. The third-order valence-electron chi connectivity index (χ3n) is 2.62. The molecule has 0 saturated heterocycles. The lowest BCUT2D eigenvalue weighted by Crippen LogP contribution is -1.96. The predicted molar refractivity (Wildman–Crippen MR) is 77.1 cm³/mol. The first kappa shape index (κ1) is 13.4. The highest BCUT2D eigenvalue weighted by Gasteiger charge is 2.11. The number of pyridine rings is 1. The third kappa shape index (κ3) is 2.85. The fourth-order valence-electron chi connectivity index (χ4n) is 1.79. The van der Waals surface area contributed by atoms with E-state index in [1.54, 1.807) is 18.2 Å². The van der Waals surface area contributed by atoms with Gasteiger partial charge in [0.25, 0.3) is 0 Å². The molecule has 96 valence electrons. The van der Waals surface area contributed by atoms with Crippen molar-refractivity contribution in [1.29, 1.82) is 5.26 Å². The number of benzene rings is 1. The third-order valence-corrected chi connectivity index (χ3v) is 3.18. The maximum Gasteiger partial charge on any atom is 0.233 e. The Morgan fingerprint density at radius 2 is 1.89 bits per heavy atom. The van der Waals surface area contributed by atoms with Crippen LogP contribution in [-0.2, 0) is 0 Å². The number of halogens is 1. The molecule has 1 heterocycles.